The molecule has 26 heavy (non-hydrogen) atoms. The molecule has 1 aliphatic rings. The number of nitrogens with zero attached hydrogens (tertiary/aromatic N) is 1. The number of nitrogens with one attached hydrogen (secondary N) is 1. The maximum Gasteiger partial charge on any atom is 0.268 e. The van der Waals surface area contributed by atoms with Crippen LogP contribution in [0.25, 0.3) is 10.2 Å². The summed E-state index contributed by atoms with van der Waals surface area (Å²) in [6, 6.07) is 8.37. The van der Waals surface area contributed by atoms with Crippen molar-refractivity contribution >= 4 is 43.4 Å². The summed E-state index contributed by atoms with van der Waals surface area (Å²) in [5.74, 6) is -0.410. The van der Waals surface area contributed by atoms with E-state index in [1.54, 1.807) is 17.4 Å². The van der Waals surface area contributed by atoms with Crippen molar-refractivity contribution in [2.45, 2.75) is 25.5 Å². The molecule has 1 aromatic carbocycles. The van der Waals surface area contributed by atoms with Crippen LogP contribution in [-0.2, 0) is 11.3 Å². The Bertz CT molecular complexity index is 946. The van der Waals surface area contributed by atoms with Crippen LogP contribution in [0.1, 0.15) is 28.9 Å². The SMILES string of the molecule is O=C(NC[C@@H]1CCCO1)c1cc2scc(Br)c2n1Cc1cccc(F)c1. The minimum Gasteiger partial charge on any atom is -0.376 e. The molecule has 0 radical (unpaired) electrons. The number of rotatable bonds is 5. The van der Waals surface area contributed by atoms with Crippen LogP contribution in [0.5, 0.6) is 0 Å². The molecule has 1 aliphatic heterocycles. The molecule has 4 rings (SSSR count). The predicted octanol–water partition coefficient (Wildman–Crippen LogP) is 4.56. The summed E-state index contributed by atoms with van der Waals surface area (Å²) in [6.07, 6.45) is 2.11. The van der Waals surface area contributed by atoms with Crippen molar-refractivity contribution in [3.8, 4) is 0 Å². The van der Waals surface area contributed by atoms with Gasteiger partial charge < -0.3 is 14.6 Å². The topological polar surface area (TPSA) is 43.3 Å². The molecule has 4 nitrogen and oxygen atoms in total. The number of ether oxygens (including phenoxy) is 1. The molecule has 1 N–H and O–H groups in total. The first kappa shape index (κ1) is 17.7. The molecule has 7 heteroatoms. The molecule has 3 heterocycles. The van der Waals surface area contributed by atoms with Crippen LogP contribution in [0, 0.1) is 5.82 Å². The lowest BCUT2D eigenvalue weighted by atomic mass is 10.2. The van der Waals surface area contributed by atoms with Gasteiger partial charge in [0.05, 0.1) is 20.8 Å². The van der Waals surface area contributed by atoms with Crippen molar-refractivity contribution in [1.29, 1.82) is 0 Å². The first-order valence-electron chi connectivity index (χ1n) is 8.52. The van der Waals surface area contributed by atoms with Crippen LogP contribution in [-0.4, -0.2) is 29.7 Å². The Morgan fingerprint density at radius 2 is 2.31 bits per heavy atom. The highest BCUT2D eigenvalue weighted by molar-refractivity contribution is 9.10. The molecular weight excluding hydrogens is 419 g/mol. The summed E-state index contributed by atoms with van der Waals surface area (Å²) in [7, 11) is 0. The number of thiophene rings is 1. The lowest BCUT2D eigenvalue weighted by molar-refractivity contribution is 0.0851. The highest BCUT2D eigenvalue weighted by Gasteiger charge is 2.21. The van der Waals surface area contributed by atoms with Crippen molar-refractivity contribution in [2.24, 2.45) is 0 Å². The lowest BCUT2D eigenvalue weighted by Crippen LogP contribution is -2.33. The fourth-order valence-corrected chi connectivity index (χ4v) is 5.00. The molecule has 1 saturated heterocycles. The normalized spacial score (nSPS) is 17.1. The zero-order chi connectivity index (χ0) is 18.1. The third-order valence-electron chi connectivity index (χ3n) is 4.55. The van der Waals surface area contributed by atoms with Gasteiger partial charge in [-0.3, -0.25) is 4.79 Å². The van der Waals surface area contributed by atoms with E-state index < -0.39 is 0 Å². The molecule has 1 amide bonds. The number of hydrogen-bond donors (Lipinski definition) is 1. The number of benzene rings is 1. The van der Waals surface area contributed by atoms with Crippen molar-refractivity contribution in [3.63, 3.8) is 0 Å². The van der Waals surface area contributed by atoms with Gasteiger partial charge in [-0.2, -0.15) is 0 Å². The summed E-state index contributed by atoms with van der Waals surface area (Å²) in [5, 5.41) is 4.98. The third kappa shape index (κ3) is 3.56. The average Bonchev–Trinajstić information content (AvgIpc) is 3.33. The standard InChI is InChI=1S/C19H18BrFN2O2S/c20-15-11-26-17-8-16(19(24)22-9-14-5-2-6-25-14)23(18(15)17)10-12-3-1-4-13(21)7-12/h1,3-4,7-8,11,14H,2,5-6,9-10H2,(H,22,24)/t14-/m0/s1. The van der Waals surface area contributed by atoms with E-state index in [0.717, 1.165) is 39.7 Å². The number of fused-ring (bicyclic) bond motifs is 1. The van der Waals surface area contributed by atoms with Gasteiger partial charge in [0.25, 0.3) is 5.91 Å². The van der Waals surface area contributed by atoms with Gasteiger partial charge in [-0.25, -0.2) is 4.39 Å². The van der Waals surface area contributed by atoms with Crippen LogP contribution in [0.4, 0.5) is 4.39 Å². The first-order chi connectivity index (χ1) is 12.6. The summed E-state index contributed by atoms with van der Waals surface area (Å²) in [6.45, 7) is 1.71. The lowest BCUT2D eigenvalue weighted by Gasteiger charge is -2.14. The fourth-order valence-electron chi connectivity index (χ4n) is 3.30. The molecule has 0 aliphatic carbocycles. The zero-order valence-electron chi connectivity index (χ0n) is 14.0. The van der Waals surface area contributed by atoms with Gasteiger partial charge in [-0.1, -0.05) is 12.1 Å². The molecule has 0 bridgehead atoms. The highest BCUT2D eigenvalue weighted by Crippen LogP contribution is 2.34. The summed E-state index contributed by atoms with van der Waals surface area (Å²) in [4.78, 5) is 12.8. The van der Waals surface area contributed by atoms with E-state index in [1.165, 1.54) is 12.1 Å². The maximum absolute atomic E-state index is 13.6. The van der Waals surface area contributed by atoms with E-state index in [-0.39, 0.29) is 17.8 Å². The Morgan fingerprint density at radius 1 is 1.42 bits per heavy atom. The van der Waals surface area contributed by atoms with E-state index in [1.807, 2.05) is 22.1 Å². The van der Waals surface area contributed by atoms with Gasteiger partial charge in [0.15, 0.2) is 0 Å². The zero-order valence-corrected chi connectivity index (χ0v) is 16.4. The maximum atomic E-state index is 13.6. The van der Waals surface area contributed by atoms with Crippen molar-refractivity contribution < 1.29 is 13.9 Å². The van der Waals surface area contributed by atoms with Crippen LogP contribution in [0.3, 0.4) is 0 Å². The van der Waals surface area contributed by atoms with E-state index in [4.69, 9.17) is 4.74 Å². The average molecular weight is 437 g/mol. The smallest absolute Gasteiger partial charge is 0.268 e. The van der Waals surface area contributed by atoms with Crippen LogP contribution in [0.15, 0.2) is 40.2 Å². The molecule has 0 saturated carbocycles. The van der Waals surface area contributed by atoms with Gasteiger partial charge in [0, 0.05) is 25.1 Å². The Kier molecular flexibility index (Phi) is 5.11. The minimum absolute atomic E-state index is 0.0958. The van der Waals surface area contributed by atoms with Crippen molar-refractivity contribution in [2.75, 3.05) is 13.2 Å². The van der Waals surface area contributed by atoms with Gasteiger partial charge in [-0.15, -0.1) is 11.3 Å². The second-order valence-electron chi connectivity index (χ2n) is 6.39. The van der Waals surface area contributed by atoms with E-state index in [2.05, 4.69) is 21.2 Å². The Labute approximate surface area is 163 Å². The van der Waals surface area contributed by atoms with Crippen molar-refractivity contribution in [3.05, 3.63) is 57.3 Å². The number of carbonyl (C=O) groups excluding carboxylic acids is 1. The quantitative estimate of drug-likeness (QED) is 0.636. The summed E-state index contributed by atoms with van der Waals surface area (Å²) < 4.78 is 23.0. The molecule has 3 aromatic rings. The number of halogens is 2. The Balaban J connectivity index is 1.64. The fraction of sp³-hybridized carbons (Fsp3) is 0.316. The van der Waals surface area contributed by atoms with Gasteiger partial charge in [-0.05, 0) is 52.5 Å². The monoisotopic (exact) mass is 436 g/mol. The predicted molar refractivity (Wildman–Crippen MR) is 104 cm³/mol. The minimum atomic E-state index is -0.278. The molecule has 136 valence electrons. The number of carbonyl (C=O) groups is 1. The van der Waals surface area contributed by atoms with Gasteiger partial charge in [0.2, 0.25) is 0 Å². The van der Waals surface area contributed by atoms with E-state index in [0.29, 0.717) is 18.8 Å². The van der Waals surface area contributed by atoms with Crippen molar-refractivity contribution in [1.82, 2.24) is 9.88 Å². The molecular formula is C19H18BrFN2O2S. The molecule has 0 unspecified atom stereocenters. The van der Waals surface area contributed by atoms with Crippen LogP contribution >= 0.6 is 27.3 Å². The largest absolute Gasteiger partial charge is 0.376 e. The second kappa shape index (κ2) is 7.50. The van der Waals surface area contributed by atoms with E-state index >= 15 is 0 Å². The Morgan fingerprint density at radius 3 is 3.08 bits per heavy atom. The number of hydrogen-bond acceptors (Lipinski definition) is 3. The summed E-state index contributed by atoms with van der Waals surface area (Å²) in [5.41, 5.74) is 2.35. The van der Waals surface area contributed by atoms with Crippen LogP contribution < -0.4 is 5.32 Å². The third-order valence-corrected chi connectivity index (χ3v) is 6.38. The second-order valence-corrected chi connectivity index (χ2v) is 8.15. The van der Waals surface area contributed by atoms with Crippen LogP contribution in [0.2, 0.25) is 0 Å². The van der Waals surface area contributed by atoms with Gasteiger partial charge in [0.1, 0.15) is 11.5 Å². The molecule has 2 aromatic heterocycles. The highest BCUT2D eigenvalue weighted by atomic mass is 79.9. The Hall–Kier alpha value is -1.70. The van der Waals surface area contributed by atoms with Gasteiger partial charge >= 0.3 is 0 Å². The molecule has 0 spiro atoms. The summed E-state index contributed by atoms with van der Waals surface area (Å²) >= 11 is 5.14. The number of aromatic nitrogens is 1. The van der Waals surface area contributed by atoms with E-state index in [9.17, 15) is 9.18 Å². The number of amides is 1. The first-order valence-corrected chi connectivity index (χ1v) is 10.2. The molecule has 1 fully saturated rings. The molecule has 1 atom stereocenters.